The molecule has 2 aromatic rings. The van der Waals surface area contributed by atoms with Gasteiger partial charge in [-0.2, -0.15) is 0 Å². The van der Waals surface area contributed by atoms with Gasteiger partial charge in [-0.25, -0.2) is 0 Å². The van der Waals surface area contributed by atoms with Gasteiger partial charge < -0.3 is 15.3 Å². The van der Waals surface area contributed by atoms with Gasteiger partial charge in [-0.15, -0.1) is 0 Å². The van der Waals surface area contributed by atoms with Crippen LogP contribution in [0.25, 0.3) is 0 Å². The third kappa shape index (κ3) is 7.73. The molecule has 0 aromatic heterocycles. The molecule has 0 bridgehead atoms. The molecule has 5 heteroatoms. The summed E-state index contributed by atoms with van der Waals surface area (Å²) in [5, 5.41) is 32.3. The molecule has 0 unspecified atom stereocenters. The molecule has 0 heterocycles. The van der Waals surface area contributed by atoms with Crippen molar-refractivity contribution >= 4 is 5.97 Å². The Morgan fingerprint density at radius 1 is 0.622 bits per heavy atom. The van der Waals surface area contributed by atoms with E-state index in [1.54, 1.807) is 4.90 Å². The van der Waals surface area contributed by atoms with Gasteiger partial charge in [-0.3, -0.25) is 9.69 Å². The second kappa shape index (κ2) is 10.3. The van der Waals surface area contributed by atoms with E-state index < -0.39 is 5.97 Å². The number of phenolic OH excluding ortho intramolecular Hbond substituents is 2. The van der Waals surface area contributed by atoms with Crippen molar-refractivity contribution in [2.75, 3.05) is 6.54 Å². The molecule has 2 aromatic carbocycles. The molecule has 0 amide bonds. The van der Waals surface area contributed by atoms with Gasteiger partial charge in [0, 0.05) is 24.2 Å². The quantitative estimate of drug-likeness (QED) is 0.377. The van der Waals surface area contributed by atoms with Gasteiger partial charge in [0.1, 0.15) is 11.5 Å². The molecule has 5 nitrogen and oxygen atoms in total. The topological polar surface area (TPSA) is 81.0 Å². The molecule has 0 saturated carbocycles. The van der Waals surface area contributed by atoms with Crippen LogP contribution in [0.3, 0.4) is 0 Å². The van der Waals surface area contributed by atoms with Crippen LogP contribution in [-0.4, -0.2) is 32.7 Å². The van der Waals surface area contributed by atoms with Crippen molar-refractivity contribution in [3.63, 3.8) is 0 Å². The smallest absolute Gasteiger partial charge is 0.317 e. The molecule has 0 aliphatic heterocycles. The SMILES string of the molecule is CC(C)(C)c1cc(CN(CC(=O)O)Cc2cc(C(C)(C)C)cc(C(C)(C)C)c2O)c(O)c(C(C)(C)C)c1. The zero-order valence-electron chi connectivity index (χ0n) is 25.1. The fraction of sp³-hybridized carbons (Fsp3) is 0.594. The Morgan fingerprint density at radius 2 is 0.946 bits per heavy atom. The first-order chi connectivity index (χ1) is 16.5. The predicted molar refractivity (Wildman–Crippen MR) is 153 cm³/mol. The van der Waals surface area contributed by atoms with Crippen LogP contribution in [0, 0.1) is 0 Å². The number of rotatable bonds is 6. The number of benzene rings is 2. The van der Waals surface area contributed by atoms with Gasteiger partial charge in [-0.1, -0.05) is 107 Å². The molecule has 37 heavy (non-hydrogen) atoms. The van der Waals surface area contributed by atoms with E-state index in [9.17, 15) is 20.1 Å². The zero-order chi connectivity index (χ0) is 28.7. The van der Waals surface area contributed by atoms with E-state index in [4.69, 9.17) is 0 Å². The number of nitrogens with zero attached hydrogens (tertiary/aromatic N) is 1. The number of carboxylic acid groups (broad SMARTS) is 1. The number of aromatic hydroxyl groups is 2. The van der Waals surface area contributed by atoms with Crippen LogP contribution in [0.2, 0.25) is 0 Å². The monoisotopic (exact) mass is 511 g/mol. The van der Waals surface area contributed by atoms with E-state index in [0.717, 1.165) is 22.3 Å². The maximum atomic E-state index is 11.9. The predicted octanol–water partition coefficient (Wildman–Crippen LogP) is 7.37. The molecule has 3 N–H and O–H groups in total. The van der Waals surface area contributed by atoms with Gasteiger partial charge in [0.25, 0.3) is 0 Å². The summed E-state index contributed by atoms with van der Waals surface area (Å²) >= 11 is 0. The van der Waals surface area contributed by atoms with Crippen molar-refractivity contribution < 1.29 is 20.1 Å². The summed E-state index contributed by atoms with van der Waals surface area (Å²) in [6.45, 7) is 25.5. The lowest BCUT2D eigenvalue weighted by molar-refractivity contribution is -0.138. The van der Waals surface area contributed by atoms with E-state index in [-0.39, 0.29) is 52.8 Å². The molecular formula is C32H49NO4. The Labute approximate surface area is 224 Å². The molecule has 0 spiro atoms. The van der Waals surface area contributed by atoms with Crippen molar-refractivity contribution in [2.24, 2.45) is 0 Å². The van der Waals surface area contributed by atoms with Crippen LogP contribution in [-0.2, 0) is 39.5 Å². The van der Waals surface area contributed by atoms with Crippen LogP contribution in [0.1, 0.15) is 116 Å². The van der Waals surface area contributed by atoms with Crippen molar-refractivity contribution in [3.05, 3.63) is 57.6 Å². The summed E-state index contributed by atoms with van der Waals surface area (Å²) in [4.78, 5) is 13.7. The summed E-state index contributed by atoms with van der Waals surface area (Å²) in [7, 11) is 0. The summed E-state index contributed by atoms with van der Waals surface area (Å²) in [6.07, 6.45) is 0. The number of hydrogen-bond donors (Lipinski definition) is 3. The lowest BCUT2D eigenvalue weighted by Gasteiger charge is -2.30. The van der Waals surface area contributed by atoms with Crippen LogP contribution < -0.4 is 0 Å². The normalized spacial score (nSPS) is 13.3. The third-order valence-corrected chi connectivity index (χ3v) is 6.87. The first-order valence-corrected chi connectivity index (χ1v) is 13.2. The highest BCUT2D eigenvalue weighted by molar-refractivity contribution is 5.69. The summed E-state index contributed by atoms with van der Waals surface area (Å²) in [6, 6.07) is 8.11. The Balaban J connectivity index is 2.67. The van der Waals surface area contributed by atoms with Gasteiger partial charge in [-0.05, 0) is 43.9 Å². The third-order valence-electron chi connectivity index (χ3n) is 6.87. The van der Waals surface area contributed by atoms with E-state index in [1.165, 1.54) is 0 Å². The van der Waals surface area contributed by atoms with Crippen LogP contribution in [0.15, 0.2) is 24.3 Å². The minimum atomic E-state index is -0.954. The Kier molecular flexibility index (Phi) is 8.56. The van der Waals surface area contributed by atoms with Crippen molar-refractivity contribution in [1.29, 1.82) is 0 Å². The van der Waals surface area contributed by atoms with E-state index >= 15 is 0 Å². The van der Waals surface area contributed by atoms with Crippen LogP contribution in [0.5, 0.6) is 11.5 Å². The largest absolute Gasteiger partial charge is 0.507 e. The summed E-state index contributed by atoms with van der Waals surface area (Å²) < 4.78 is 0. The van der Waals surface area contributed by atoms with Gasteiger partial charge in [0.15, 0.2) is 0 Å². The first-order valence-electron chi connectivity index (χ1n) is 13.2. The average molecular weight is 512 g/mol. The number of aliphatic carboxylic acids is 1. The number of phenols is 2. The van der Waals surface area contributed by atoms with Gasteiger partial charge in [0.2, 0.25) is 0 Å². The first kappa shape index (κ1) is 30.7. The minimum absolute atomic E-state index is 0.138. The Hall–Kier alpha value is -2.53. The maximum Gasteiger partial charge on any atom is 0.317 e. The van der Waals surface area contributed by atoms with Crippen LogP contribution in [0.4, 0.5) is 0 Å². The Morgan fingerprint density at radius 3 is 1.19 bits per heavy atom. The second-order valence-electron chi connectivity index (χ2n) is 14.6. The highest BCUT2D eigenvalue weighted by Gasteiger charge is 2.28. The lowest BCUT2D eigenvalue weighted by Crippen LogP contribution is -2.30. The zero-order valence-corrected chi connectivity index (χ0v) is 25.1. The van der Waals surface area contributed by atoms with Gasteiger partial charge in [0.05, 0.1) is 6.54 Å². The van der Waals surface area contributed by atoms with E-state index in [1.807, 2.05) is 12.1 Å². The molecule has 0 aliphatic rings. The summed E-state index contributed by atoms with van der Waals surface area (Å²) in [5.41, 5.74) is 4.43. The number of carboxylic acids is 1. The number of carbonyl (C=O) groups is 1. The minimum Gasteiger partial charge on any atom is -0.507 e. The fourth-order valence-corrected chi connectivity index (χ4v) is 4.48. The lowest BCUT2D eigenvalue weighted by atomic mass is 9.78. The van der Waals surface area contributed by atoms with Crippen molar-refractivity contribution in [1.82, 2.24) is 4.90 Å². The van der Waals surface area contributed by atoms with Gasteiger partial charge >= 0.3 is 5.97 Å². The van der Waals surface area contributed by atoms with Crippen molar-refractivity contribution in [2.45, 2.75) is 118 Å². The highest BCUT2D eigenvalue weighted by Crippen LogP contribution is 2.40. The maximum absolute atomic E-state index is 11.9. The standard InChI is InChI=1S/C32H49NO4/c1-29(2,3)22-13-20(27(36)24(15-22)31(7,8)9)17-33(19-26(34)35)18-21-14-23(30(4,5)6)16-25(28(21)37)32(10,11)12/h13-16,36-37H,17-19H2,1-12H3,(H,34,35). The molecule has 2 rings (SSSR count). The fourth-order valence-electron chi connectivity index (χ4n) is 4.48. The van der Waals surface area contributed by atoms with E-state index in [0.29, 0.717) is 11.1 Å². The highest BCUT2D eigenvalue weighted by atomic mass is 16.4. The molecule has 206 valence electrons. The molecule has 0 aliphatic carbocycles. The summed E-state index contributed by atoms with van der Waals surface area (Å²) in [5.74, 6) is -0.539. The Bertz CT molecular complexity index is 1050. The second-order valence-corrected chi connectivity index (χ2v) is 14.6. The van der Waals surface area contributed by atoms with Crippen LogP contribution >= 0.6 is 0 Å². The molecule has 0 fully saturated rings. The molecule has 0 saturated heterocycles. The average Bonchev–Trinajstić information content (AvgIpc) is 2.66. The van der Waals surface area contributed by atoms with E-state index in [2.05, 4.69) is 95.2 Å². The molecule has 0 atom stereocenters. The van der Waals surface area contributed by atoms with Crippen molar-refractivity contribution in [3.8, 4) is 11.5 Å². The number of hydrogen-bond acceptors (Lipinski definition) is 4. The molecule has 0 radical (unpaired) electrons. The molecular weight excluding hydrogens is 462 g/mol.